The number of carboxylic acid groups (broad SMARTS) is 1. The number of methoxy groups -OCH3 is 1. The Balaban J connectivity index is 2.36. The lowest BCUT2D eigenvalue weighted by Crippen LogP contribution is -2.55. The van der Waals surface area contributed by atoms with E-state index in [0.717, 1.165) is 21.3 Å². The van der Waals surface area contributed by atoms with E-state index in [1.54, 1.807) is 6.92 Å². The Kier molecular flexibility index (Phi) is 7.18. The molecule has 2 aromatic heterocycles. The van der Waals surface area contributed by atoms with Crippen molar-refractivity contribution in [1.29, 1.82) is 0 Å². The molecule has 3 N–H and O–H groups in total. The number of aromatic nitrogens is 2. The summed E-state index contributed by atoms with van der Waals surface area (Å²) < 4.78 is 20.9. The van der Waals surface area contributed by atoms with Gasteiger partial charge in [-0.25, -0.2) is 18.5 Å². The zero-order chi connectivity index (χ0) is 26.2. The fourth-order valence-corrected chi connectivity index (χ4v) is 5.06. The van der Waals surface area contributed by atoms with E-state index in [1.165, 1.54) is 33.9 Å². The molecule has 35 heavy (non-hydrogen) atoms. The van der Waals surface area contributed by atoms with Gasteiger partial charge in [-0.3, -0.25) is 14.2 Å². The van der Waals surface area contributed by atoms with Gasteiger partial charge in [-0.05, 0) is 51.5 Å². The Morgan fingerprint density at radius 1 is 1.29 bits per heavy atom. The summed E-state index contributed by atoms with van der Waals surface area (Å²) in [6, 6.07) is 3.53. The molecule has 0 aliphatic rings. The monoisotopic (exact) mass is 507 g/mol. The second-order valence-electron chi connectivity index (χ2n) is 8.40. The number of aliphatic hydroxyl groups excluding tert-OH is 1. The maximum atomic E-state index is 13.9. The van der Waals surface area contributed by atoms with Gasteiger partial charge < -0.3 is 20.3 Å². The summed E-state index contributed by atoms with van der Waals surface area (Å²) in [7, 11) is 1.34. The van der Waals surface area contributed by atoms with E-state index >= 15 is 0 Å². The number of carbonyl (C=O) groups excluding carboxylic acids is 1. The number of halogens is 1. The lowest BCUT2D eigenvalue weighted by molar-refractivity contribution is -0.128. The Bertz CT molecular complexity index is 1440. The molecular formula is C23H26FN3O7S. The Morgan fingerprint density at radius 2 is 1.94 bits per heavy atom. The molecule has 0 saturated carbocycles. The minimum Gasteiger partial charge on any atom is -0.496 e. The number of nitrogens with one attached hydrogen (secondary N) is 1. The number of amides is 1. The number of carbonyl (C=O) groups is 2. The normalized spacial score (nSPS) is 12.5. The van der Waals surface area contributed by atoms with E-state index in [1.807, 2.05) is 0 Å². The highest BCUT2D eigenvalue weighted by atomic mass is 32.1. The summed E-state index contributed by atoms with van der Waals surface area (Å²) in [6.45, 7) is 5.70. The molecule has 2 heterocycles. The number of ether oxygens (including phenoxy) is 1. The topological polar surface area (TPSA) is 140 Å². The van der Waals surface area contributed by atoms with Gasteiger partial charge in [0.15, 0.2) is 0 Å². The molecule has 1 unspecified atom stereocenters. The first-order valence-electron chi connectivity index (χ1n) is 10.7. The van der Waals surface area contributed by atoms with Crippen molar-refractivity contribution >= 4 is 33.4 Å². The highest BCUT2D eigenvalue weighted by molar-refractivity contribution is 7.20. The fraction of sp³-hybridized carbons (Fsp3) is 0.391. The lowest BCUT2D eigenvalue weighted by atomic mass is 10.0. The standard InChI is InChI=1S/C23H26FN3O7S/c1-6-25-21(32)23(3,4)27-18(29)16-11(2)17(20(30)31)35-19(16)26(22(27)33)10-14(28)13-9-12(24)7-8-15(13)34-5/h7-9,14,28H,6,10H2,1-5H3,(H,25,32)(H,30,31). The van der Waals surface area contributed by atoms with Crippen LogP contribution in [0, 0.1) is 12.7 Å². The van der Waals surface area contributed by atoms with Crippen molar-refractivity contribution in [2.75, 3.05) is 13.7 Å². The molecule has 0 spiro atoms. The summed E-state index contributed by atoms with van der Waals surface area (Å²) in [4.78, 5) is 51.5. The van der Waals surface area contributed by atoms with Crippen molar-refractivity contribution in [3.05, 3.63) is 60.9 Å². The molecule has 3 rings (SSSR count). The number of benzene rings is 1. The Labute approximate surface area is 203 Å². The van der Waals surface area contributed by atoms with Crippen molar-refractivity contribution in [3.8, 4) is 5.75 Å². The van der Waals surface area contributed by atoms with Crippen LogP contribution in [0.15, 0.2) is 27.8 Å². The molecule has 12 heteroatoms. The number of rotatable bonds is 8. The molecule has 1 amide bonds. The van der Waals surface area contributed by atoms with Gasteiger partial charge in [0.1, 0.15) is 32.9 Å². The third-order valence-electron chi connectivity index (χ3n) is 5.77. The van der Waals surface area contributed by atoms with Crippen LogP contribution in [0.2, 0.25) is 0 Å². The van der Waals surface area contributed by atoms with E-state index in [2.05, 4.69) is 5.32 Å². The van der Waals surface area contributed by atoms with Gasteiger partial charge in [0.25, 0.3) is 5.56 Å². The number of fused-ring (bicyclic) bond motifs is 1. The van der Waals surface area contributed by atoms with Crippen molar-refractivity contribution in [2.24, 2.45) is 0 Å². The van der Waals surface area contributed by atoms with Crippen LogP contribution < -0.4 is 21.3 Å². The van der Waals surface area contributed by atoms with Crippen LogP contribution in [-0.4, -0.2) is 44.9 Å². The number of aryl methyl sites for hydroxylation is 1. The molecule has 0 bridgehead atoms. The second-order valence-corrected chi connectivity index (χ2v) is 9.39. The van der Waals surface area contributed by atoms with Crippen LogP contribution in [0.25, 0.3) is 10.2 Å². The number of hydrogen-bond acceptors (Lipinski definition) is 7. The van der Waals surface area contributed by atoms with E-state index in [0.29, 0.717) is 11.3 Å². The number of aliphatic hydroxyl groups is 1. The summed E-state index contributed by atoms with van der Waals surface area (Å²) in [5.41, 5.74) is -3.20. The summed E-state index contributed by atoms with van der Waals surface area (Å²) in [5.74, 6) is -2.35. The molecule has 1 atom stereocenters. The van der Waals surface area contributed by atoms with Gasteiger partial charge in [0.05, 0.1) is 19.0 Å². The third-order valence-corrected chi connectivity index (χ3v) is 7.07. The molecule has 0 radical (unpaired) electrons. The highest BCUT2D eigenvalue weighted by Crippen LogP contribution is 2.31. The number of nitrogens with zero attached hydrogens (tertiary/aromatic N) is 2. The van der Waals surface area contributed by atoms with E-state index in [9.17, 15) is 33.8 Å². The third kappa shape index (κ3) is 4.46. The lowest BCUT2D eigenvalue weighted by Gasteiger charge is -2.27. The predicted octanol–water partition coefficient (Wildman–Crippen LogP) is 1.98. The van der Waals surface area contributed by atoms with Crippen molar-refractivity contribution in [3.63, 3.8) is 0 Å². The molecular weight excluding hydrogens is 481 g/mol. The smallest absolute Gasteiger partial charge is 0.346 e. The Hall–Kier alpha value is -3.51. The molecule has 0 fully saturated rings. The summed E-state index contributed by atoms with van der Waals surface area (Å²) in [6.07, 6.45) is -1.46. The van der Waals surface area contributed by atoms with Crippen LogP contribution >= 0.6 is 11.3 Å². The fourth-order valence-electron chi connectivity index (χ4n) is 3.92. The predicted molar refractivity (Wildman–Crippen MR) is 128 cm³/mol. The van der Waals surface area contributed by atoms with Crippen molar-refractivity contribution < 1.29 is 28.9 Å². The minimum atomic E-state index is -1.64. The van der Waals surface area contributed by atoms with E-state index in [4.69, 9.17) is 4.74 Å². The van der Waals surface area contributed by atoms with Crippen LogP contribution in [0.4, 0.5) is 4.39 Å². The van der Waals surface area contributed by atoms with Gasteiger partial charge in [0, 0.05) is 12.1 Å². The number of likely N-dealkylation sites (N-methyl/N-ethyl adjacent to an activating group) is 1. The molecule has 0 aliphatic heterocycles. The molecule has 188 valence electrons. The van der Waals surface area contributed by atoms with Crippen molar-refractivity contribution in [1.82, 2.24) is 14.5 Å². The van der Waals surface area contributed by atoms with E-state index in [-0.39, 0.29) is 38.5 Å². The summed E-state index contributed by atoms with van der Waals surface area (Å²) >= 11 is 0.708. The second kappa shape index (κ2) is 9.62. The summed E-state index contributed by atoms with van der Waals surface area (Å²) in [5, 5.41) is 23.1. The number of hydrogen-bond donors (Lipinski definition) is 3. The van der Waals surface area contributed by atoms with Gasteiger partial charge in [0.2, 0.25) is 5.91 Å². The average Bonchev–Trinajstić information content (AvgIpc) is 3.14. The number of aromatic carboxylic acids is 1. The maximum Gasteiger partial charge on any atom is 0.346 e. The SMILES string of the molecule is CCNC(=O)C(C)(C)n1c(=O)c2c(C)c(C(=O)O)sc2n(CC(O)c2cc(F)ccc2OC)c1=O. The van der Waals surface area contributed by atoms with Gasteiger partial charge in [-0.15, -0.1) is 11.3 Å². The van der Waals surface area contributed by atoms with Crippen LogP contribution in [0.1, 0.15) is 47.7 Å². The minimum absolute atomic E-state index is 0.0206. The first-order valence-corrected chi connectivity index (χ1v) is 11.5. The first-order chi connectivity index (χ1) is 16.4. The van der Waals surface area contributed by atoms with Crippen LogP contribution in [0.3, 0.4) is 0 Å². The maximum absolute atomic E-state index is 13.9. The van der Waals surface area contributed by atoms with Gasteiger partial charge >= 0.3 is 11.7 Å². The van der Waals surface area contributed by atoms with Crippen molar-refractivity contribution in [2.45, 2.75) is 45.9 Å². The van der Waals surface area contributed by atoms with Gasteiger partial charge in [-0.2, -0.15) is 0 Å². The first kappa shape index (κ1) is 26.1. The number of thiophene rings is 1. The highest BCUT2D eigenvalue weighted by Gasteiger charge is 2.35. The Morgan fingerprint density at radius 3 is 2.51 bits per heavy atom. The number of carboxylic acids is 1. The molecule has 1 aromatic carbocycles. The molecule has 0 aliphatic carbocycles. The van der Waals surface area contributed by atoms with Crippen LogP contribution in [0.5, 0.6) is 5.75 Å². The molecule has 10 nitrogen and oxygen atoms in total. The quantitative estimate of drug-likeness (QED) is 0.424. The zero-order valence-corrected chi connectivity index (χ0v) is 20.7. The van der Waals surface area contributed by atoms with E-state index < -0.39 is 47.1 Å². The van der Waals surface area contributed by atoms with Crippen LogP contribution in [-0.2, 0) is 16.9 Å². The largest absolute Gasteiger partial charge is 0.496 e. The average molecular weight is 508 g/mol. The van der Waals surface area contributed by atoms with Gasteiger partial charge in [-0.1, -0.05) is 0 Å². The molecule has 0 saturated heterocycles. The molecule has 3 aromatic rings. The zero-order valence-electron chi connectivity index (χ0n) is 19.8.